The number of hydrogen-bond acceptors (Lipinski definition) is 5. The number of nitrogens with zero attached hydrogens (tertiary/aromatic N) is 1. The van der Waals surface area contributed by atoms with Crippen molar-refractivity contribution in [2.45, 2.75) is 57.7 Å². The van der Waals surface area contributed by atoms with Gasteiger partial charge in [0.1, 0.15) is 18.1 Å². The molecule has 1 aliphatic rings. The van der Waals surface area contributed by atoms with Gasteiger partial charge in [-0.1, -0.05) is 46.3 Å². The largest absolute Gasteiger partial charge is 0.491 e. The second-order valence-electron chi connectivity index (χ2n) is 9.54. The minimum absolute atomic E-state index is 0.136. The van der Waals surface area contributed by atoms with E-state index in [1.54, 1.807) is 0 Å². The molecule has 0 aromatic heterocycles. The van der Waals surface area contributed by atoms with Gasteiger partial charge in [-0.05, 0) is 116 Å². The predicted octanol–water partition coefficient (Wildman–Crippen LogP) is 7.64. The van der Waals surface area contributed by atoms with Gasteiger partial charge in [-0.3, -0.25) is 0 Å². The number of alkyl halides is 1. The zero-order valence-corrected chi connectivity index (χ0v) is 24.8. The van der Waals surface area contributed by atoms with Crippen molar-refractivity contribution in [1.82, 2.24) is 0 Å². The highest BCUT2D eigenvalue weighted by Crippen LogP contribution is 2.40. The molecule has 5 nitrogen and oxygen atoms in total. The maximum absolute atomic E-state index is 5.85. The summed E-state index contributed by atoms with van der Waals surface area (Å²) < 4.78 is 17.7. The maximum Gasteiger partial charge on any atom is 0.283 e. The van der Waals surface area contributed by atoms with E-state index >= 15 is 0 Å². The van der Waals surface area contributed by atoms with Gasteiger partial charge in [0.05, 0.1) is 6.10 Å². The average molecular weight is 618 g/mol. The maximum atomic E-state index is 5.85. The van der Waals surface area contributed by atoms with E-state index in [9.17, 15) is 0 Å². The number of halogens is 2. The molecule has 3 aromatic carbocycles. The fraction of sp³-hybridized carbons (Fsp3) is 0.345. The third kappa shape index (κ3) is 7.50. The van der Waals surface area contributed by atoms with E-state index in [-0.39, 0.29) is 16.6 Å². The molecule has 1 heterocycles. The van der Waals surface area contributed by atoms with Gasteiger partial charge < -0.3 is 19.9 Å². The normalized spacial score (nSPS) is 17.1. The van der Waals surface area contributed by atoms with Gasteiger partial charge in [0, 0.05) is 4.47 Å². The molecule has 0 spiro atoms. The summed E-state index contributed by atoms with van der Waals surface area (Å²) in [6, 6.07) is 22.4. The zero-order chi connectivity index (χ0) is 26.5. The van der Waals surface area contributed by atoms with Crippen LogP contribution in [-0.2, 0) is 10.3 Å². The molecule has 1 unspecified atom stereocenters. The zero-order valence-electron chi connectivity index (χ0n) is 21.6. The molecular formula is C29H34Br2N2O3. The molecule has 0 bridgehead atoms. The molecule has 1 atom stereocenters. The van der Waals surface area contributed by atoms with Crippen molar-refractivity contribution in [3.63, 3.8) is 0 Å². The summed E-state index contributed by atoms with van der Waals surface area (Å²) in [4.78, 5) is 4.64. The summed E-state index contributed by atoms with van der Waals surface area (Å²) >= 11 is 6.95. The third-order valence-electron chi connectivity index (χ3n) is 5.40. The number of aryl methyl sites for hydroxylation is 2. The highest BCUT2D eigenvalue weighted by molar-refractivity contribution is 9.10. The first-order chi connectivity index (χ1) is 16.9. The van der Waals surface area contributed by atoms with E-state index in [0.29, 0.717) is 6.61 Å². The van der Waals surface area contributed by atoms with Crippen LogP contribution in [0.2, 0.25) is 0 Å². The molecule has 4 rings (SSSR count). The molecule has 0 aliphatic carbocycles. The van der Waals surface area contributed by atoms with Crippen LogP contribution >= 0.6 is 31.9 Å². The van der Waals surface area contributed by atoms with Crippen LogP contribution in [0.15, 0.2) is 76.2 Å². The van der Waals surface area contributed by atoms with E-state index in [2.05, 4.69) is 49.0 Å². The minimum Gasteiger partial charge on any atom is -0.491 e. The number of nitrogens with two attached hydrogens (primary N) is 1. The number of hydrogen-bond donors (Lipinski definition) is 1. The Hall–Kier alpha value is -2.51. The van der Waals surface area contributed by atoms with E-state index in [1.165, 1.54) is 5.56 Å². The fourth-order valence-electron chi connectivity index (χ4n) is 3.89. The number of benzene rings is 3. The minimum atomic E-state index is -0.630. The van der Waals surface area contributed by atoms with Crippen LogP contribution in [-0.4, -0.2) is 23.2 Å². The monoisotopic (exact) mass is 616 g/mol. The molecule has 36 heavy (non-hydrogen) atoms. The molecular weight excluding hydrogens is 584 g/mol. The van der Waals surface area contributed by atoms with Crippen molar-refractivity contribution in [1.29, 1.82) is 0 Å². The molecule has 192 valence electrons. The second kappa shape index (κ2) is 11.7. The van der Waals surface area contributed by atoms with E-state index in [0.717, 1.165) is 32.7 Å². The summed E-state index contributed by atoms with van der Waals surface area (Å²) in [5, 5.41) is 0. The van der Waals surface area contributed by atoms with Crippen LogP contribution in [0.1, 0.15) is 49.9 Å². The predicted molar refractivity (Wildman–Crippen MR) is 154 cm³/mol. The molecule has 0 saturated carbocycles. The van der Waals surface area contributed by atoms with Crippen LogP contribution < -0.4 is 15.2 Å². The van der Waals surface area contributed by atoms with E-state index in [1.807, 2.05) is 96.1 Å². The van der Waals surface area contributed by atoms with Crippen LogP contribution in [0, 0.1) is 13.8 Å². The highest BCUT2D eigenvalue weighted by Gasteiger charge is 2.40. The third-order valence-corrected chi connectivity index (χ3v) is 6.05. The lowest BCUT2D eigenvalue weighted by Gasteiger charge is -2.26. The molecule has 1 aliphatic heterocycles. The average Bonchev–Trinajstić information content (AvgIpc) is 3.17. The number of aliphatic imine (C=N–C) groups is 1. The Morgan fingerprint density at radius 3 is 2.25 bits per heavy atom. The Kier molecular flexibility index (Phi) is 9.12. The Bertz CT molecular complexity index is 1220. The summed E-state index contributed by atoms with van der Waals surface area (Å²) in [6.07, 6.45) is 0.136. The lowest BCUT2D eigenvalue weighted by molar-refractivity contribution is 0.214. The fourth-order valence-corrected chi connectivity index (χ4v) is 4.48. The Labute approximate surface area is 231 Å². The van der Waals surface area contributed by atoms with Gasteiger partial charge in [-0.15, -0.1) is 0 Å². The SMILES string of the molecule is Cc1cc(C2(c3cccc(Br)c3)COC(N)=N2)ccc1OC(C)C.Cc1cccc(OC(C)(C)Br)c1. The molecule has 0 amide bonds. The molecule has 0 fully saturated rings. The Morgan fingerprint density at radius 1 is 1.00 bits per heavy atom. The second-order valence-corrected chi connectivity index (χ2v) is 12.4. The van der Waals surface area contributed by atoms with Gasteiger partial charge in [-0.25, -0.2) is 4.99 Å². The van der Waals surface area contributed by atoms with E-state index in [4.69, 9.17) is 19.9 Å². The lowest BCUT2D eigenvalue weighted by atomic mass is 9.83. The van der Waals surface area contributed by atoms with Gasteiger partial charge in [0.2, 0.25) is 0 Å². The molecule has 7 heteroatoms. The van der Waals surface area contributed by atoms with Crippen molar-refractivity contribution < 1.29 is 14.2 Å². The lowest BCUT2D eigenvalue weighted by Crippen LogP contribution is -2.27. The summed E-state index contributed by atoms with van der Waals surface area (Å²) in [5.41, 5.74) is 9.57. The topological polar surface area (TPSA) is 66.1 Å². The number of ether oxygens (including phenoxy) is 3. The van der Waals surface area contributed by atoms with E-state index < -0.39 is 5.54 Å². The highest BCUT2D eigenvalue weighted by atomic mass is 79.9. The first-order valence-electron chi connectivity index (χ1n) is 11.8. The summed E-state index contributed by atoms with van der Waals surface area (Å²) in [5.74, 6) is 1.78. The van der Waals surface area contributed by atoms with Crippen molar-refractivity contribution in [2.75, 3.05) is 6.61 Å². The molecule has 3 aromatic rings. The van der Waals surface area contributed by atoms with Crippen molar-refractivity contribution >= 4 is 37.9 Å². The molecule has 0 radical (unpaired) electrons. The van der Waals surface area contributed by atoms with Crippen LogP contribution in [0.4, 0.5) is 0 Å². The Balaban J connectivity index is 0.000000253. The van der Waals surface area contributed by atoms with Crippen molar-refractivity contribution in [3.8, 4) is 11.5 Å². The van der Waals surface area contributed by atoms with Gasteiger partial charge in [0.15, 0.2) is 10.0 Å². The van der Waals surface area contributed by atoms with Gasteiger partial charge in [0.25, 0.3) is 6.02 Å². The van der Waals surface area contributed by atoms with Crippen molar-refractivity contribution in [2.24, 2.45) is 10.7 Å². The first-order valence-corrected chi connectivity index (χ1v) is 13.4. The van der Waals surface area contributed by atoms with Gasteiger partial charge >= 0.3 is 0 Å². The Morgan fingerprint density at radius 2 is 1.69 bits per heavy atom. The van der Waals surface area contributed by atoms with Crippen LogP contribution in [0.25, 0.3) is 0 Å². The first kappa shape index (κ1) is 28.1. The standard InChI is InChI=1S/C19H21BrN2O2.C10H13BrO/c1-12(2)24-17-8-7-15(9-13(17)3)19(11-23-18(21)22-19)14-5-4-6-16(20)10-14;1-8-5-4-6-9(7-8)12-10(2,3)11/h4-10,12H,11H2,1-3H3,(H2,21,22);4-7H,1-3H3. The van der Waals surface area contributed by atoms with Crippen molar-refractivity contribution in [3.05, 3.63) is 93.5 Å². The van der Waals surface area contributed by atoms with Crippen LogP contribution in [0.3, 0.4) is 0 Å². The summed E-state index contributed by atoms with van der Waals surface area (Å²) in [6.45, 7) is 12.5. The number of amidine groups is 1. The molecule has 0 saturated heterocycles. The quantitative estimate of drug-likeness (QED) is 0.289. The van der Waals surface area contributed by atoms with Gasteiger partial charge in [-0.2, -0.15) is 0 Å². The summed E-state index contributed by atoms with van der Waals surface area (Å²) in [7, 11) is 0. The number of rotatable bonds is 6. The smallest absolute Gasteiger partial charge is 0.283 e. The molecule has 2 N–H and O–H groups in total. The van der Waals surface area contributed by atoms with Crippen LogP contribution in [0.5, 0.6) is 11.5 Å².